The molecule has 0 aliphatic carbocycles. The van der Waals surface area contributed by atoms with Crippen LogP contribution in [0.3, 0.4) is 0 Å². The van der Waals surface area contributed by atoms with Crippen molar-refractivity contribution in [3.05, 3.63) is 25.7 Å². The Bertz CT molecular complexity index is 2650. The molecule has 0 aromatic heterocycles. The molecule has 0 amide bonds. The van der Waals surface area contributed by atoms with Gasteiger partial charge in [-0.2, -0.15) is 0 Å². The maximum absolute atomic E-state index is 12.8. The zero-order chi connectivity index (χ0) is 97.7. The van der Waals surface area contributed by atoms with Crippen molar-refractivity contribution in [1.82, 2.24) is 19.6 Å². The predicted molar refractivity (Wildman–Crippen MR) is 462 cm³/mol. The van der Waals surface area contributed by atoms with E-state index < -0.39 is 178 Å². The Kier molecular flexibility index (Phi) is 90.6. The summed E-state index contributed by atoms with van der Waals surface area (Å²) in [7, 11) is 0. The Balaban J connectivity index is -0.000000396. The molecule has 0 rings (SSSR count). The van der Waals surface area contributed by atoms with Gasteiger partial charge in [-0.3, -0.25) is 86.7 Å². The van der Waals surface area contributed by atoms with Crippen LogP contribution in [0.5, 0.6) is 0 Å². The molecule has 0 fully saturated rings. The Morgan fingerprint density at radius 2 is 0.441 bits per heavy atom. The highest BCUT2D eigenvalue weighted by molar-refractivity contribution is 5.85. The largest absolute Gasteiger partial charge is 0.502 e. The monoisotopic (exact) mass is 1840 g/mol. The topological polar surface area (TPSA) is 541 Å². The van der Waals surface area contributed by atoms with Crippen molar-refractivity contribution in [2.45, 2.75) is 296 Å². The average molecular weight is 1840 g/mol. The molecule has 0 saturated carbocycles. The minimum Gasteiger partial charge on any atom is -0.502 e. The standard InChI is InChI=1S/C34H64N2O12.C24H44O9.C10H16N2O8.C6H8O6.2C6H12O/c1-9-13-19-41-27(5)45-31(37)23-35(24-32(38)46-28(6)42-20-14-10-2)17-18-36(25-33(39)47-29(7)43-21-15-11-3)26-34(40)48-30(8)44-22-16-12-4;1-7-10-13-28-18(4)31-22(25)16-21(24(27)33-20(6)30-15-12-9-3)17-23(26)32-19(5)29-14-11-8-2;13-7(14)3-11(4-8(15)16)1-2-12(5-9(17)18)6-10(19)20;7-4(8)1-3(6(11)12)2-5(9)10;2*1-3-5-6-7-4-2/h27-30H,9-26H2,1-8H3;18-21H,7-17H2,1-6H3;1-6H2,(H,13,14)(H,15,16)(H,17,18)(H,19,20);3H,1-2H2,(H,7,8)(H,9,10)(H,11,12);2*4H,2-3,5-6H2,1H3. The van der Waals surface area contributed by atoms with E-state index in [4.69, 9.17) is 112 Å². The molecular formula is C86H156N4O37. The Morgan fingerprint density at radius 3 is 0.622 bits per heavy atom. The molecular weight excluding hydrogens is 1680 g/mol. The number of aliphatic carboxylic acids is 7. The quantitative estimate of drug-likeness (QED) is 0.00978. The Hall–Kier alpha value is -8.78. The molecule has 0 aliphatic heterocycles. The first-order valence-corrected chi connectivity index (χ1v) is 43.7. The summed E-state index contributed by atoms with van der Waals surface area (Å²) in [5, 5.41) is 59.2. The smallest absolute Gasteiger partial charge is 0.322 e. The number of carboxylic acids is 7. The highest BCUT2D eigenvalue weighted by atomic mass is 16.7. The molecule has 0 bridgehead atoms. The van der Waals surface area contributed by atoms with Crippen LogP contribution >= 0.6 is 0 Å². The van der Waals surface area contributed by atoms with Gasteiger partial charge in [0.05, 0.1) is 162 Å². The van der Waals surface area contributed by atoms with Crippen molar-refractivity contribution in [2.24, 2.45) is 11.8 Å². The van der Waals surface area contributed by atoms with E-state index in [1.54, 1.807) is 48.5 Å². The highest BCUT2D eigenvalue weighted by Gasteiger charge is 2.32. The average Bonchev–Trinajstić information content (AvgIpc) is 0.898. The van der Waals surface area contributed by atoms with Gasteiger partial charge in [0.1, 0.15) is 0 Å². The summed E-state index contributed by atoms with van der Waals surface area (Å²) < 4.78 is 85.3. The van der Waals surface area contributed by atoms with Crippen LogP contribution in [0.15, 0.2) is 25.7 Å². The Morgan fingerprint density at radius 1 is 0.252 bits per heavy atom. The maximum atomic E-state index is 12.8. The van der Waals surface area contributed by atoms with Gasteiger partial charge in [0.15, 0.2) is 44.0 Å². The number of hydrogen-bond donors (Lipinski definition) is 7. The summed E-state index contributed by atoms with van der Waals surface area (Å²) in [6.07, 6.45) is 12.6. The highest BCUT2D eigenvalue weighted by Crippen LogP contribution is 2.18. The zero-order valence-electron chi connectivity index (χ0n) is 78.3. The molecule has 0 saturated heterocycles. The molecule has 0 radical (unpaired) electrons. The summed E-state index contributed by atoms with van der Waals surface area (Å²) in [6, 6.07) is 0. The number of esters is 7. The van der Waals surface area contributed by atoms with Crippen molar-refractivity contribution < 1.29 is 179 Å². The van der Waals surface area contributed by atoms with Crippen LogP contribution in [0.2, 0.25) is 0 Å². The number of unbranched alkanes of at least 4 members (excludes halogenated alkanes) is 9. The third-order valence-corrected chi connectivity index (χ3v) is 16.1. The van der Waals surface area contributed by atoms with Gasteiger partial charge in [-0.15, -0.1) is 0 Å². The first-order chi connectivity index (χ1) is 60.1. The molecule has 742 valence electrons. The summed E-state index contributed by atoms with van der Waals surface area (Å²) in [4.78, 5) is 166. The van der Waals surface area contributed by atoms with E-state index in [9.17, 15) is 67.1 Å². The lowest BCUT2D eigenvalue weighted by Gasteiger charge is -2.27. The van der Waals surface area contributed by atoms with E-state index in [-0.39, 0.29) is 65.2 Å². The minimum absolute atomic E-state index is 0.0703. The summed E-state index contributed by atoms with van der Waals surface area (Å²) in [5.41, 5.74) is 0. The molecule has 41 nitrogen and oxygen atoms in total. The van der Waals surface area contributed by atoms with Gasteiger partial charge in [-0.1, -0.05) is 133 Å². The molecule has 41 heteroatoms. The summed E-state index contributed by atoms with van der Waals surface area (Å²) in [6.45, 7) is 38.2. The fraction of sp³-hybridized carbons (Fsp3) is 0.791. The van der Waals surface area contributed by atoms with E-state index in [0.717, 1.165) is 126 Å². The maximum Gasteiger partial charge on any atom is 0.322 e. The number of carbonyl (C=O) groups is 14. The van der Waals surface area contributed by atoms with Crippen LogP contribution in [0, 0.1) is 11.8 Å². The molecule has 0 aliphatic rings. The van der Waals surface area contributed by atoms with Crippen molar-refractivity contribution >= 4 is 83.6 Å². The number of ether oxygens (including phenoxy) is 16. The van der Waals surface area contributed by atoms with Crippen molar-refractivity contribution in [1.29, 1.82) is 0 Å². The van der Waals surface area contributed by atoms with E-state index in [1.165, 1.54) is 35.2 Å². The van der Waals surface area contributed by atoms with Crippen molar-refractivity contribution in [2.75, 3.05) is 138 Å². The second kappa shape index (κ2) is 89.2. The van der Waals surface area contributed by atoms with Gasteiger partial charge in [-0.05, 0) is 106 Å². The lowest BCUT2D eigenvalue weighted by molar-refractivity contribution is -0.190. The molecule has 0 spiro atoms. The lowest BCUT2D eigenvalue weighted by atomic mass is 10.0. The number of carboxylic acid groups (broad SMARTS) is 7. The molecule has 127 heavy (non-hydrogen) atoms. The van der Waals surface area contributed by atoms with Crippen molar-refractivity contribution in [3.8, 4) is 0 Å². The van der Waals surface area contributed by atoms with Gasteiger partial charge in [0, 0.05) is 26.2 Å². The van der Waals surface area contributed by atoms with E-state index in [1.807, 2.05) is 48.5 Å². The fourth-order valence-corrected chi connectivity index (χ4v) is 9.46. The van der Waals surface area contributed by atoms with Gasteiger partial charge in [0.2, 0.25) is 0 Å². The second-order valence-electron chi connectivity index (χ2n) is 28.5. The lowest BCUT2D eigenvalue weighted by Crippen LogP contribution is -2.45. The van der Waals surface area contributed by atoms with E-state index >= 15 is 0 Å². The normalized spacial score (nSPS) is 12.6. The molecule has 0 heterocycles. The minimum atomic E-state index is -1.40. The van der Waals surface area contributed by atoms with E-state index in [0.29, 0.717) is 46.2 Å². The predicted octanol–water partition coefficient (Wildman–Crippen LogP) is 10.4. The third-order valence-electron chi connectivity index (χ3n) is 16.1. The van der Waals surface area contributed by atoms with Crippen LogP contribution < -0.4 is 0 Å². The van der Waals surface area contributed by atoms with Crippen molar-refractivity contribution in [3.63, 3.8) is 0 Å². The number of nitrogens with zero attached hydrogens (tertiary/aromatic N) is 4. The zero-order valence-corrected chi connectivity index (χ0v) is 78.3. The molecule has 7 unspecified atom stereocenters. The second-order valence-corrected chi connectivity index (χ2v) is 28.5. The fourth-order valence-electron chi connectivity index (χ4n) is 9.46. The molecule has 7 N–H and O–H groups in total. The first-order valence-electron chi connectivity index (χ1n) is 43.7. The van der Waals surface area contributed by atoms with Crippen LogP contribution in [-0.2, 0) is 143 Å². The number of carbonyl (C=O) groups excluding carboxylic acids is 7. The summed E-state index contributed by atoms with van der Waals surface area (Å²) >= 11 is 0. The Labute approximate surface area is 750 Å². The van der Waals surface area contributed by atoms with Gasteiger partial charge in [-0.25, -0.2) is 0 Å². The number of rotatable bonds is 75. The van der Waals surface area contributed by atoms with Crippen LogP contribution in [0.25, 0.3) is 0 Å². The van der Waals surface area contributed by atoms with Crippen LogP contribution in [-0.4, -0.2) is 321 Å². The van der Waals surface area contributed by atoms with Gasteiger partial charge >= 0.3 is 83.6 Å². The molecule has 0 aromatic carbocycles. The van der Waals surface area contributed by atoms with Crippen LogP contribution in [0.4, 0.5) is 0 Å². The van der Waals surface area contributed by atoms with Crippen LogP contribution in [0.1, 0.15) is 252 Å². The van der Waals surface area contributed by atoms with Gasteiger partial charge in [0.25, 0.3) is 0 Å². The summed E-state index contributed by atoms with van der Waals surface area (Å²) in [5.74, 6) is -15.9. The first kappa shape index (κ1) is 129. The van der Waals surface area contributed by atoms with E-state index in [2.05, 4.69) is 27.0 Å². The van der Waals surface area contributed by atoms with Gasteiger partial charge < -0.3 is 112 Å². The third kappa shape index (κ3) is 94.7. The SMILES string of the molecule is C=COCCCC.C=COCCCC.CCCCOC(C)OC(=O)CC(CC(=O)OC(C)OCCCC)C(=O)OC(C)OCCCC.CCCCOC(C)OC(=O)CN(CCN(CC(=O)OC(C)OCCCC)CC(=O)OC(C)OCCCC)CC(=O)OC(C)OCCCC.O=C(O)CC(CC(=O)O)C(=O)O.O=C(O)CN(CCN(CC(=O)O)CC(=O)O)CC(=O)O. The molecule has 0 aromatic rings. The number of hydrogen-bond acceptors (Lipinski definition) is 34. The molecule has 7 atom stereocenters.